The van der Waals surface area contributed by atoms with Gasteiger partial charge < -0.3 is 10.2 Å². The standard InChI is InChI=1S/C22H20Cl2N4O2S2/c23-17-7-3-14(4-8-17)13-31-22-27-26-21(32-22)25-19(29)16-2-1-11-28(12-16)20(30)15-5-9-18(24)10-6-15/h3-10,16H,1-2,11-13H2,(H,25,26,29)/t16-/m0/s1. The van der Waals surface area contributed by atoms with Crippen molar-refractivity contribution in [2.45, 2.75) is 22.9 Å². The number of piperidine rings is 1. The van der Waals surface area contributed by atoms with Crippen LogP contribution in [0.5, 0.6) is 0 Å². The molecule has 1 aliphatic rings. The minimum absolute atomic E-state index is 0.0871. The molecule has 6 nitrogen and oxygen atoms in total. The lowest BCUT2D eigenvalue weighted by Crippen LogP contribution is -2.43. The summed E-state index contributed by atoms with van der Waals surface area (Å²) in [6, 6.07) is 14.5. The second kappa shape index (κ2) is 10.7. The van der Waals surface area contributed by atoms with Crippen molar-refractivity contribution in [2.24, 2.45) is 5.92 Å². The van der Waals surface area contributed by atoms with Crippen LogP contribution in [0.25, 0.3) is 0 Å². The fourth-order valence-electron chi connectivity index (χ4n) is 3.40. The van der Waals surface area contributed by atoms with E-state index >= 15 is 0 Å². The van der Waals surface area contributed by atoms with Crippen molar-refractivity contribution in [1.82, 2.24) is 15.1 Å². The second-order valence-corrected chi connectivity index (χ2v) is 10.4. The molecule has 0 bridgehead atoms. The van der Waals surface area contributed by atoms with E-state index in [1.165, 1.54) is 11.3 Å². The lowest BCUT2D eigenvalue weighted by molar-refractivity contribution is -0.121. The van der Waals surface area contributed by atoms with Crippen LogP contribution >= 0.6 is 46.3 Å². The van der Waals surface area contributed by atoms with E-state index in [2.05, 4.69) is 15.5 Å². The van der Waals surface area contributed by atoms with Crippen LogP contribution in [0.2, 0.25) is 10.0 Å². The van der Waals surface area contributed by atoms with Crippen molar-refractivity contribution >= 4 is 63.2 Å². The molecule has 2 amide bonds. The Morgan fingerprint density at radius 2 is 1.75 bits per heavy atom. The summed E-state index contributed by atoms with van der Waals surface area (Å²) in [5, 5.41) is 12.9. The Morgan fingerprint density at radius 3 is 2.47 bits per heavy atom. The first-order valence-electron chi connectivity index (χ1n) is 10.0. The highest BCUT2D eigenvalue weighted by Crippen LogP contribution is 2.29. The molecule has 1 N–H and O–H groups in total. The Balaban J connectivity index is 1.31. The molecule has 10 heteroatoms. The Bertz CT molecular complexity index is 1090. The number of halogens is 2. The van der Waals surface area contributed by atoms with Crippen LogP contribution in [-0.2, 0) is 10.5 Å². The minimum atomic E-state index is -0.283. The predicted molar refractivity (Wildman–Crippen MR) is 130 cm³/mol. The van der Waals surface area contributed by atoms with Gasteiger partial charge in [0.05, 0.1) is 5.92 Å². The largest absolute Gasteiger partial charge is 0.338 e. The smallest absolute Gasteiger partial charge is 0.253 e. The number of carbonyl (C=O) groups excluding carboxylic acids is 2. The summed E-state index contributed by atoms with van der Waals surface area (Å²) < 4.78 is 0.776. The topological polar surface area (TPSA) is 75.2 Å². The number of hydrogen-bond acceptors (Lipinski definition) is 6. The molecule has 1 fully saturated rings. The van der Waals surface area contributed by atoms with E-state index < -0.39 is 0 Å². The van der Waals surface area contributed by atoms with Crippen LogP contribution in [0.15, 0.2) is 52.9 Å². The van der Waals surface area contributed by atoms with Gasteiger partial charge in [0.2, 0.25) is 11.0 Å². The van der Waals surface area contributed by atoms with Crippen LogP contribution < -0.4 is 5.32 Å². The first-order valence-corrected chi connectivity index (χ1v) is 12.6. The number of thioether (sulfide) groups is 1. The molecule has 4 rings (SSSR count). The van der Waals surface area contributed by atoms with Crippen LogP contribution in [0.3, 0.4) is 0 Å². The maximum absolute atomic E-state index is 12.8. The molecule has 1 aliphatic heterocycles. The van der Waals surface area contributed by atoms with Crippen molar-refractivity contribution in [3.05, 3.63) is 69.7 Å². The molecule has 0 unspecified atom stereocenters. The highest BCUT2D eigenvalue weighted by molar-refractivity contribution is 8.00. The second-order valence-electron chi connectivity index (χ2n) is 7.37. The summed E-state index contributed by atoms with van der Waals surface area (Å²) in [5.41, 5.74) is 1.70. The van der Waals surface area contributed by atoms with E-state index in [1.807, 2.05) is 24.3 Å². The molecular formula is C22H20Cl2N4O2S2. The first kappa shape index (κ1) is 23.0. The van der Waals surface area contributed by atoms with E-state index in [0.29, 0.717) is 33.8 Å². The number of hydrogen-bond donors (Lipinski definition) is 1. The molecule has 0 aliphatic carbocycles. The normalized spacial score (nSPS) is 16.1. The number of carbonyl (C=O) groups is 2. The van der Waals surface area contributed by atoms with Gasteiger partial charge in [0, 0.05) is 34.5 Å². The highest BCUT2D eigenvalue weighted by Gasteiger charge is 2.29. The van der Waals surface area contributed by atoms with E-state index in [-0.39, 0.29) is 17.7 Å². The lowest BCUT2D eigenvalue weighted by atomic mass is 9.96. The summed E-state index contributed by atoms with van der Waals surface area (Å²) in [6.45, 7) is 1.01. The Hall–Kier alpha value is -2.13. The van der Waals surface area contributed by atoms with Gasteiger partial charge in [-0.25, -0.2) is 0 Å². The van der Waals surface area contributed by atoms with Crippen LogP contribution in [0.1, 0.15) is 28.8 Å². The van der Waals surface area contributed by atoms with E-state index in [4.69, 9.17) is 23.2 Å². The van der Waals surface area contributed by atoms with Crippen molar-refractivity contribution in [3.63, 3.8) is 0 Å². The van der Waals surface area contributed by atoms with Crippen molar-refractivity contribution in [2.75, 3.05) is 18.4 Å². The molecule has 0 saturated carbocycles. The van der Waals surface area contributed by atoms with Gasteiger partial charge in [0.25, 0.3) is 5.91 Å². The average molecular weight is 507 g/mol. The molecule has 3 aromatic rings. The molecule has 2 aromatic carbocycles. The molecule has 32 heavy (non-hydrogen) atoms. The van der Waals surface area contributed by atoms with Gasteiger partial charge in [0.1, 0.15) is 0 Å². The predicted octanol–water partition coefficient (Wildman–Crippen LogP) is 5.63. The summed E-state index contributed by atoms with van der Waals surface area (Å²) in [6.07, 6.45) is 1.50. The fourth-order valence-corrected chi connectivity index (χ4v) is 5.37. The lowest BCUT2D eigenvalue weighted by Gasteiger charge is -2.32. The van der Waals surface area contributed by atoms with Crippen molar-refractivity contribution < 1.29 is 9.59 Å². The third-order valence-electron chi connectivity index (χ3n) is 5.08. The van der Waals surface area contributed by atoms with E-state index in [0.717, 1.165) is 28.5 Å². The quantitative estimate of drug-likeness (QED) is 0.346. The van der Waals surface area contributed by atoms with E-state index in [1.54, 1.807) is 40.9 Å². The van der Waals surface area contributed by atoms with Crippen LogP contribution in [0.4, 0.5) is 5.13 Å². The van der Waals surface area contributed by atoms with Crippen molar-refractivity contribution in [1.29, 1.82) is 0 Å². The van der Waals surface area contributed by atoms with Crippen LogP contribution in [0, 0.1) is 5.92 Å². The number of aromatic nitrogens is 2. The number of likely N-dealkylation sites (tertiary alicyclic amines) is 1. The molecule has 0 radical (unpaired) electrons. The SMILES string of the molecule is O=C(Nc1nnc(SCc2ccc(Cl)cc2)s1)[C@H]1CCCN(C(=O)c2ccc(Cl)cc2)C1. The summed E-state index contributed by atoms with van der Waals surface area (Å²) >= 11 is 14.7. The zero-order valence-electron chi connectivity index (χ0n) is 17.0. The maximum atomic E-state index is 12.8. The number of nitrogens with one attached hydrogen (secondary N) is 1. The van der Waals surface area contributed by atoms with Gasteiger partial charge in [-0.15, -0.1) is 10.2 Å². The number of benzene rings is 2. The number of rotatable bonds is 6. The fraction of sp³-hybridized carbons (Fsp3) is 0.273. The summed E-state index contributed by atoms with van der Waals surface area (Å²) in [4.78, 5) is 27.3. The van der Waals surface area contributed by atoms with Gasteiger partial charge in [-0.1, -0.05) is 58.4 Å². The van der Waals surface area contributed by atoms with E-state index in [9.17, 15) is 9.59 Å². The number of nitrogens with zero attached hydrogens (tertiary/aromatic N) is 3. The third-order valence-corrected chi connectivity index (χ3v) is 7.63. The summed E-state index contributed by atoms with van der Waals surface area (Å²) in [7, 11) is 0. The molecule has 1 atom stereocenters. The molecular weight excluding hydrogens is 487 g/mol. The minimum Gasteiger partial charge on any atom is -0.338 e. The molecule has 1 saturated heterocycles. The summed E-state index contributed by atoms with van der Waals surface area (Å²) in [5.74, 6) is 0.235. The Kier molecular flexibility index (Phi) is 7.67. The number of anilines is 1. The van der Waals surface area contributed by atoms with Gasteiger partial charge in [-0.2, -0.15) is 0 Å². The van der Waals surface area contributed by atoms with Gasteiger partial charge in [0.15, 0.2) is 4.34 Å². The monoisotopic (exact) mass is 506 g/mol. The van der Waals surface area contributed by atoms with Gasteiger partial charge >= 0.3 is 0 Å². The highest BCUT2D eigenvalue weighted by atomic mass is 35.5. The zero-order valence-corrected chi connectivity index (χ0v) is 20.1. The van der Waals surface area contributed by atoms with Crippen LogP contribution in [-0.4, -0.2) is 40.0 Å². The average Bonchev–Trinajstić information content (AvgIpc) is 3.26. The molecule has 1 aromatic heterocycles. The maximum Gasteiger partial charge on any atom is 0.253 e. The van der Waals surface area contributed by atoms with Crippen molar-refractivity contribution in [3.8, 4) is 0 Å². The molecule has 0 spiro atoms. The molecule has 166 valence electrons. The Morgan fingerprint density at radius 1 is 1.06 bits per heavy atom. The Labute approximate surface area is 204 Å². The van der Waals surface area contributed by atoms with Gasteiger partial charge in [-0.05, 0) is 54.8 Å². The first-order chi connectivity index (χ1) is 15.5. The number of amides is 2. The van der Waals surface area contributed by atoms with Gasteiger partial charge in [-0.3, -0.25) is 9.59 Å². The zero-order chi connectivity index (χ0) is 22.5. The molecule has 2 heterocycles. The third kappa shape index (κ3) is 6.01.